The topological polar surface area (TPSA) is 58.1 Å². The molecule has 4 rings (SSSR count). The second kappa shape index (κ2) is 7.12. The Hall–Kier alpha value is -2.95. The van der Waals surface area contributed by atoms with Crippen molar-refractivity contribution in [3.63, 3.8) is 0 Å². The van der Waals surface area contributed by atoms with E-state index in [0.29, 0.717) is 6.54 Å². The summed E-state index contributed by atoms with van der Waals surface area (Å²) < 4.78 is 0. The fourth-order valence-electron chi connectivity index (χ4n) is 3.57. The predicted octanol–water partition coefficient (Wildman–Crippen LogP) is 3.79. The Morgan fingerprint density at radius 2 is 1.92 bits per heavy atom. The van der Waals surface area contributed by atoms with Gasteiger partial charge in [-0.25, -0.2) is 9.97 Å². The van der Waals surface area contributed by atoms with Gasteiger partial charge in [0, 0.05) is 24.2 Å². The van der Waals surface area contributed by atoms with Crippen LogP contribution in [0.2, 0.25) is 0 Å². The summed E-state index contributed by atoms with van der Waals surface area (Å²) >= 11 is 0. The second-order valence-corrected chi connectivity index (χ2v) is 6.80. The van der Waals surface area contributed by atoms with Gasteiger partial charge in [0.25, 0.3) is 0 Å². The molecule has 1 aliphatic heterocycles. The Balaban J connectivity index is 1.54. The van der Waals surface area contributed by atoms with Gasteiger partial charge in [-0.05, 0) is 43.5 Å². The zero-order valence-electron chi connectivity index (χ0n) is 14.9. The van der Waals surface area contributed by atoms with E-state index in [1.807, 2.05) is 55.5 Å². The van der Waals surface area contributed by atoms with E-state index in [1.54, 1.807) is 6.33 Å². The molecule has 26 heavy (non-hydrogen) atoms. The molecule has 0 spiro atoms. The summed E-state index contributed by atoms with van der Waals surface area (Å²) in [5.74, 6) is 0.962. The molecule has 1 N–H and O–H groups in total. The number of anilines is 2. The van der Waals surface area contributed by atoms with E-state index >= 15 is 0 Å². The lowest BCUT2D eigenvalue weighted by Gasteiger charge is -2.33. The molecule has 0 aliphatic carbocycles. The van der Waals surface area contributed by atoms with Crippen LogP contribution in [0.15, 0.2) is 54.9 Å². The molecular weight excluding hydrogens is 324 g/mol. The average Bonchev–Trinajstić information content (AvgIpc) is 2.69. The van der Waals surface area contributed by atoms with Crippen molar-refractivity contribution in [2.45, 2.75) is 19.8 Å². The predicted molar refractivity (Wildman–Crippen MR) is 104 cm³/mol. The molecule has 2 heterocycles. The SMILES string of the molecule is Cc1ccccc1NC(=O)C1CCCN(c2ncnc3ccccc23)C1. The lowest BCUT2D eigenvalue weighted by molar-refractivity contribution is -0.120. The lowest BCUT2D eigenvalue weighted by atomic mass is 9.96. The van der Waals surface area contributed by atoms with E-state index in [4.69, 9.17) is 0 Å². The first kappa shape index (κ1) is 16.5. The first-order valence-electron chi connectivity index (χ1n) is 9.03. The van der Waals surface area contributed by atoms with Gasteiger partial charge >= 0.3 is 0 Å². The number of hydrogen-bond donors (Lipinski definition) is 1. The summed E-state index contributed by atoms with van der Waals surface area (Å²) in [5.41, 5.74) is 2.90. The van der Waals surface area contributed by atoms with Crippen LogP contribution in [-0.4, -0.2) is 29.0 Å². The third-order valence-corrected chi connectivity index (χ3v) is 5.02. The highest BCUT2D eigenvalue weighted by atomic mass is 16.1. The molecule has 5 heteroatoms. The molecule has 1 fully saturated rings. The van der Waals surface area contributed by atoms with Crippen molar-refractivity contribution in [1.82, 2.24) is 9.97 Å². The van der Waals surface area contributed by atoms with Gasteiger partial charge in [0.15, 0.2) is 0 Å². The standard InChI is InChI=1S/C21H22N4O/c1-15-7-2-4-10-18(15)24-21(26)16-8-6-12-25(13-16)20-17-9-3-5-11-19(17)22-14-23-20/h2-5,7,9-11,14,16H,6,8,12-13H2,1H3,(H,24,26). The molecule has 0 radical (unpaired) electrons. The Labute approximate surface area is 153 Å². The van der Waals surface area contributed by atoms with Crippen molar-refractivity contribution in [2.24, 2.45) is 5.92 Å². The van der Waals surface area contributed by atoms with Crippen molar-refractivity contribution in [1.29, 1.82) is 0 Å². The van der Waals surface area contributed by atoms with E-state index in [2.05, 4.69) is 20.2 Å². The van der Waals surface area contributed by atoms with Crippen LogP contribution in [-0.2, 0) is 4.79 Å². The fraction of sp³-hybridized carbons (Fsp3) is 0.286. The summed E-state index contributed by atoms with van der Waals surface area (Å²) in [6.45, 7) is 3.60. The number of carbonyl (C=O) groups excluding carboxylic acids is 1. The molecule has 0 bridgehead atoms. The minimum absolute atomic E-state index is 0.0444. The molecule has 1 saturated heterocycles. The zero-order chi connectivity index (χ0) is 17.9. The van der Waals surface area contributed by atoms with Crippen molar-refractivity contribution in [2.75, 3.05) is 23.3 Å². The number of fused-ring (bicyclic) bond motifs is 1. The van der Waals surface area contributed by atoms with Crippen molar-refractivity contribution in [3.05, 3.63) is 60.4 Å². The number of hydrogen-bond acceptors (Lipinski definition) is 4. The fourth-order valence-corrected chi connectivity index (χ4v) is 3.57. The summed E-state index contributed by atoms with van der Waals surface area (Å²) in [4.78, 5) is 23.9. The van der Waals surface area contributed by atoms with E-state index in [9.17, 15) is 4.79 Å². The highest BCUT2D eigenvalue weighted by Crippen LogP contribution is 2.28. The smallest absolute Gasteiger partial charge is 0.229 e. The maximum absolute atomic E-state index is 12.8. The number of rotatable bonds is 3. The molecule has 1 aliphatic rings. The first-order valence-corrected chi connectivity index (χ1v) is 9.03. The van der Waals surface area contributed by atoms with E-state index in [1.165, 1.54) is 0 Å². The molecule has 5 nitrogen and oxygen atoms in total. The van der Waals surface area contributed by atoms with E-state index in [0.717, 1.165) is 47.4 Å². The molecular formula is C21H22N4O. The van der Waals surface area contributed by atoms with Crippen molar-refractivity contribution in [3.8, 4) is 0 Å². The zero-order valence-corrected chi connectivity index (χ0v) is 14.9. The van der Waals surface area contributed by atoms with Gasteiger partial charge in [-0.1, -0.05) is 30.3 Å². The van der Waals surface area contributed by atoms with E-state index in [-0.39, 0.29) is 11.8 Å². The molecule has 1 aromatic heterocycles. The van der Waals surface area contributed by atoms with Crippen LogP contribution in [0, 0.1) is 12.8 Å². The highest BCUT2D eigenvalue weighted by molar-refractivity contribution is 5.94. The van der Waals surface area contributed by atoms with Gasteiger partial charge in [0.2, 0.25) is 5.91 Å². The first-order chi connectivity index (χ1) is 12.7. The largest absolute Gasteiger partial charge is 0.355 e. The quantitative estimate of drug-likeness (QED) is 0.784. The average molecular weight is 346 g/mol. The lowest BCUT2D eigenvalue weighted by Crippen LogP contribution is -2.41. The summed E-state index contributed by atoms with van der Waals surface area (Å²) in [6, 6.07) is 15.9. The molecule has 3 aromatic rings. The number of para-hydroxylation sites is 2. The van der Waals surface area contributed by atoms with E-state index < -0.39 is 0 Å². The number of aryl methyl sites for hydroxylation is 1. The van der Waals surface area contributed by atoms with Crippen molar-refractivity contribution >= 4 is 28.3 Å². The van der Waals surface area contributed by atoms with Gasteiger partial charge in [-0.3, -0.25) is 4.79 Å². The molecule has 0 saturated carbocycles. The van der Waals surface area contributed by atoms with Crippen LogP contribution in [0.25, 0.3) is 10.9 Å². The number of nitrogens with zero attached hydrogens (tertiary/aromatic N) is 3. The number of nitrogens with one attached hydrogen (secondary N) is 1. The number of carbonyl (C=O) groups is 1. The normalized spacial score (nSPS) is 17.3. The van der Waals surface area contributed by atoms with Crippen molar-refractivity contribution < 1.29 is 4.79 Å². The van der Waals surface area contributed by atoms with Gasteiger partial charge in [0.1, 0.15) is 12.1 Å². The molecule has 2 aromatic carbocycles. The third kappa shape index (κ3) is 3.25. The number of piperidine rings is 1. The molecule has 1 atom stereocenters. The van der Waals surface area contributed by atoms with Crippen LogP contribution in [0.5, 0.6) is 0 Å². The second-order valence-electron chi connectivity index (χ2n) is 6.80. The van der Waals surface area contributed by atoms with Gasteiger partial charge < -0.3 is 10.2 Å². The van der Waals surface area contributed by atoms with Crippen LogP contribution in [0.4, 0.5) is 11.5 Å². The molecule has 1 amide bonds. The molecule has 1 unspecified atom stereocenters. The Morgan fingerprint density at radius 3 is 2.81 bits per heavy atom. The maximum atomic E-state index is 12.8. The van der Waals surface area contributed by atoms with Crippen LogP contribution in [0.1, 0.15) is 18.4 Å². The van der Waals surface area contributed by atoms with Crippen LogP contribution in [0.3, 0.4) is 0 Å². The number of benzene rings is 2. The minimum atomic E-state index is -0.0444. The van der Waals surface area contributed by atoms with Crippen LogP contribution >= 0.6 is 0 Å². The Morgan fingerprint density at radius 1 is 1.12 bits per heavy atom. The Bertz CT molecular complexity index is 935. The highest BCUT2D eigenvalue weighted by Gasteiger charge is 2.27. The van der Waals surface area contributed by atoms with Crippen LogP contribution < -0.4 is 10.2 Å². The summed E-state index contributed by atoms with van der Waals surface area (Å²) in [5, 5.41) is 4.13. The summed E-state index contributed by atoms with van der Waals surface area (Å²) in [6.07, 6.45) is 3.48. The maximum Gasteiger partial charge on any atom is 0.229 e. The molecule has 132 valence electrons. The van der Waals surface area contributed by atoms with Gasteiger partial charge in [-0.2, -0.15) is 0 Å². The van der Waals surface area contributed by atoms with Gasteiger partial charge in [-0.15, -0.1) is 0 Å². The minimum Gasteiger partial charge on any atom is -0.355 e. The number of aromatic nitrogens is 2. The monoisotopic (exact) mass is 346 g/mol. The van der Waals surface area contributed by atoms with Gasteiger partial charge in [0.05, 0.1) is 11.4 Å². The third-order valence-electron chi connectivity index (χ3n) is 5.02. The Kier molecular flexibility index (Phi) is 4.52. The number of amides is 1. The summed E-state index contributed by atoms with van der Waals surface area (Å²) in [7, 11) is 0.